The molecule has 1 atom stereocenters. The van der Waals surface area contributed by atoms with E-state index in [0.29, 0.717) is 51.1 Å². The lowest BCUT2D eigenvalue weighted by molar-refractivity contribution is -0.137. The van der Waals surface area contributed by atoms with Crippen LogP contribution in [0, 0.1) is 6.92 Å². The average molecular weight is 545 g/mol. The Kier molecular flexibility index (Phi) is 6.67. The van der Waals surface area contributed by atoms with Gasteiger partial charge in [0.1, 0.15) is 16.9 Å². The van der Waals surface area contributed by atoms with Crippen molar-refractivity contribution in [1.29, 1.82) is 0 Å². The number of nitrogens with zero attached hydrogens (tertiary/aromatic N) is 4. The lowest BCUT2D eigenvalue weighted by Crippen LogP contribution is -2.19. The number of imidazole rings is 1. The molecule has 0 aliphatic rings. The fraction of sp³-hybridized carbons (Fsp3) is 0.240. The highest BCUT2D eigenvalue weighted by atomic mass is 32.2. The van der Waals surface area contributed by atoms with Gasteiger partial charge in [-0.05, 0) is 48.7 Å². The highest BCUT2D eigenvalue weighted by molar-refractivity contribution is 7.77. The molecule has 0 aliphatic heterocycles. The average Bonchev–Trinajstić information content (AvgIpc) is 3.46. The maximum absolute atomic E-state index is 13.0. The number of fused-ring (bicyclic) bond motifs is 2. The molecule has 0 saturated carbocycles. The molecule has 0 amide bonds. The molecule has 0 bridgehead atoms. The van der Waals surface area contributed by atoms with Gasteiger partial charge in [0.05, 0.1) is 17.8 Å². The number of H-pyrrole nitrogens is 1. The van der Waals surface area contributed by atoms with Crippen LogP contribution in [0.4, 0.5) is 13.2 Å². The second-order valence-corrected chi connectivity index (χ2v) is 9.68. The van der Waals surface area contributed by atoms with E-state index in [2.05, 4.69) is 14.7 Å². The minimum Gasteiger partial charge on any atom is -0.357 e. The van der Waals surface area contributed by atoms with Crippen molar-refractivity contribution in [1.82, 2.24) is 28.8 Å². The molecule has 0 aliphatic carbocycles. The number of hydrogen-bond donors (Lipinski definition) is 3. The summed E-state index contributed by atoms with van der Waals surface area (Å²) in [5.74, 6) is 0.608. The monoisotopic (exact) mass is 544 g/mol. The van der Waals surface area contributed by atoms with Crippen LogP contribution in [0.2, 0.25) is 0 Å². The number of alkyl halides is 3. The summed E-state index contributed by atoms with van der Waals surface area (Å²) in [6.07, 6.45) is -0.695. The molecule has 4 aromatic heterocycles. The molecule has 3 N–H and O–H groups in total. The zero-order chi connectivity index (χ0) is 27.2. The quantitative estimate of drug-likeness (QED) is 0.269. The first-order valence-corrected chi connectivity index (χ1v) is 12.7. The van der Waals surface area contributed by atoms with Crippen LogP contribution in [0.25, 0.3) is 33.3 Å². The van der Waals surface area contributed by atoms with Crippen molar-refractivity contribution in [2.75, 3.05) is 6.54 Å². The SMILES string of the molecule is Cc1nc2c(CCNS(=O)O)cc(-c3cn(C)c(=O)c4[nH]ccc34)nc2n1Cc1ccc(C(F)(F)F)cc1. The fourth-order valence-electron chi connectivity index (χ4n) is 4.51. The molecule has 0 spiro atoms. The van der Waals surface area contributed by atoms with Crippen LogP contribution in [0.5, 0.6) is 0 Å². The smallest absolute Gasteiger partial charge is 0.357 e. The van der Waals surface area contributed by atoms with Crippen LogP contribution in [-0.2, 0) is 37.5 Å². The van der Waals surface area contributed by atoms with E-state index >= 15 is 0 Å². The molecule has 13 heteroatoms. The van der Waals surface area contributed by atoms with Crippen molar-refractivity contribution in [3.63, 3.8) is 0 Å². The number of halogens is 3. The van der Waals surface area contributed by atoms with Crippen LogP contribution in [-0.4, -0.2) is 39.4 Å². The van der Waals surface area contributed by atoms with Gasteiger partial charge in [-0.25, -0.2) is 18.9 Å². The van der Waals surface area contributed by atoms with E-state index in [1.54, 1.807) is 32.4 Å². The number of nitrogens with one attached hydrogen (secondary N) is 2. The number of aromatic nitrogens is 5. The Balaban J connectivity index is 1.66. The zero-order valence-corrected chi connectivity index (χ0v) is 21.2. The minimum atomic E-state index is -4.42. The van der Waals surface area contributed by atoms with E-state index < -0.39 is 23.0 Å². The highest BCUT2D eigenvalue weighted by Crippen LogP contribution is 2.31. The van der Waals surface area contributed by atoms with Crippen molar-refractivity contribution in [3.05, 3.63) is 81.7 Å². The van der Waals surface area contributed by atoms with Crippen LogP contribution in [0.3, 0.4) is 0 Å². The number of pyridine rings is 2. The first kappa shape index (κ1) is 25.8. The highest BCUT2D eigenvalue weighted by Gasteiger charge is 2.30. The predicted molar refractivity (Wildman–Crippen MR) is 138 cm³/mol. The third-order valence-corrected chi connectivity index (χ3v) is 6.84. The van der Waals surface area contributed by atoms with E-state index in [9.17, 15) is 22.2 Å². The lowest BCUT2D eigenvalue weighted by Gasteiger charge is -2.12. The Morgan fingerprint density at radius 3 is 2.58 bits per heavy atom. The number of hydrogen-bond acceptors (Lipinski definition) is 4. The first-order chi connectivity index (χ1) is 18.0. The summed E-state index contributed by atoms with van der Waals surface area (Å²) in [5, 5.41) is 0.686. The molecule has 5 aromatic rings. The molecule has 0 radical (unpaired) electrons. The molecule has 1 aromatic carbocycles. The lowest BCUT2D eigenvalue weighted by atomic mass is 10.0. The van der Waals surface area contributed by atoms with Gasteiger partial charge in [-0.1, -0.05) is 12.1 Å². The number of rotatable bonds is 7. The summed E-state index contributed by atoms with van der Waals surface area (Å²) in [5.41, 5.74) is 3.27. The standard InChI is InChI=1S/C25H23F3N6O3S/c1-14-31-21-16(7-10-30-38(36)37)11-20(19-13-33(2)24(35)22-18(19)8-9-29-22)32-23(21)34(14)12-15-3-5-17(6-4-15)25(26,27)28/h3-6,8-9,11,13,29-30H,7,10,12H2,1-2H3,(H,36,37). The van der Waals surface area contributed by atoms with E-state index in [0.717, 1.165) is 17.7 Å². The third-order valence-electron chi connectivity index (χ3n) is 6.39. The number of benzene rings is 1. The van der Waals surface area contributed by atoms with Gasteiger partial charge in [0, 0.05) is 36.9 Å². The van der Waals surface area contributed by atoms with Crippen molar-refractivity contribution in [3.8, 4) is 11.3 Å². The Labute approximate surface area is 216 Å². The first-order valence-electron chi connectivity index (χ1n) is 11.6. The summed E-state index contributed by atoms with van der Waals surface area (Å²) in [6, 6.07) is 8.57. The summed E-state index contributed by atoms with van der Waals surface area (Å²) in [7, 11) is 1.64. The second kappa shape index (κ2) is 9.82. The number of aromatic amines is 1. The molecular weight excluding hydrogens is 521 g/mol. The topological polar surface area (TPSA) is 118 Å². The van der Waals surface area contributed by atoms with E-state index in [1.165, 1.54) is 16.7 Å². The van der Waals surface area contributed by atoms with Crippen LogP contribution >= 0.6 is 0 Å². The Hall–Kier alpha value is -3.81. The molecule has 1 unspecified atom stereocenters. The van der Waals surface area contributed by atoms with Gasteiger partial charge >= 0.3 is 6.18 Å². The molecule has 9 nitrogen and oxygen atoms in total. The molecule has 5 rings (SSSR count). The largest absolute Gasteiger partial charge is 0.416 e. The van der Waals surface area contributed by atoms with E-state index in [-0.39, 0.29) is 18.6 Å². The third kappa shape index (κ3) is 4.87. The normalized spacial score (nSPS) is 13.0. The molecule has 0 saturated heterocycles. The fourth-order valence-corrected chi connectivity index (χ4v) is 4.78. The zero-order valence-electron chi connectivity index (χ0n) is 20.3. The van der Waals surface area contributed by atoms with E-state index in [1.807, 2.05) is 10.6 Å². The summed E-state index contributed by atoms with van der Waals surface area (Å²) in [6.45, 7) is 2.22. The van der Waals surface area contributed by atoms with Gasteiger partial charge in [0.25, 0.3) is 5.56 Å². The predicted octanol–water partition coefficient (Wildman–Crippen LogP) is 3.92. The molecular formula is C25H23F3N6O3S. The summed E-state index contributed by atoms with van der Waals surface area (Å²) in [4.78, 5) is 25.1. The number of aryl methyl sites for hydroxylation is 2. The van der Waals surface area contributed by atoms with Gasteiger partial charge in [-0.15, -0.1) is 0 Å². The molecule has 4 heterocycles. The Morgan fingerprint density at radius 1 is 1.16 bits per heavy atom. The van der Waals surface area contributed by atoms with Crippen molar-refractivity contribution in [2.45, 2.75) is 26.1 Å². The van der Waals surface area contributed by atoms with Crippen LogP contribution in [0.15, 0.2) is 53.6 Å². The molecule has 198 valence electrons. The van der Waals surface area contributed by atoms with Crippen molar-refractivity contribution in [2.24, 2.45) is 7.05 Å². The van der Waals surface area contributed by atoms with Crippen molar-refractivity contribution >= 4 is 33.3 Å². The van der Waals surface area contributed by atoms with Gasteiger partial charge in [-0.2, -0.15) is 13.2 Å². The molecule has 38 heavy (non-hydrogen) atoms. The van der Waals surface area contributed by atoms with E-state index in [4.69, 9.17) is 9.54 Å². The minimum absolute atomic E-state index is 0.187. The Morgan fingerprint density at radius 2 is 1.89 bits per heavy atom. The maximum atomic E-state index is 13.0. The van der Waals surface area contributed by atoms with Gasteiger partial charge in [-0.3, -0.25) is 9.35 Å². The summed E-state index contributed by atoms with van der Waals surface area (Å²) >= 11 is -2.18. The second-order valence-electron chi connectivity index (χ2n) is 8.90. The van der Waals surface area contributed by atoms with Crippen LogP contribution < -0.4 is 10.3 Å². The molecule has 0 fully saturated rings. The maximum Gasteiger partial charge on any atom is 0.416 e. The van der Waals surface area contributed by atoms with Gasteiger partial charge in [0.15, 0.2) is 5.65 Å². The van der Waals surface area contributed by atoms with Gasteiger partial charge < -0.3 is 14.1 Å². The Bertz CT molecular complexity index is 1740. The van der Waals surface area contributed by atoms with Crippen LogP contribution in [0.1, 0.15) is 22.5 Å². The van der Waals surface area contributed by atoms with Crippen molar-refractivity contribution < 1.29 is 21.9 Å². The van der Waals surface area contributed by atoms with Gasteiger partial charge in [0.2, 0.25) is 11.3 Å². The summed E-state index contributed by atoms with van der Waals surface area (Å²) < 4.78 is 65.1.